The molecule has 0 heteroatoms. The van der Waals surface area contributed by atoms with E-state index in [-0.39, 0.29) is 0 Å². The zero-order chi connectivity index (χ0) is 30.5. The molecule has 0 bridgehead atoms. The first-order valence-electron chi connectivity index (χ1n) is 15.8. The second-order valence-corrected chi connectivity index (χ2v) is 12.0. The van der Waals surface area contributed by atoms with E-state index in [1.54, 1.807) is 0 Å². The summed E-state index contributed by atoms with van der Waals surface area (Å²) in [6.07, 6.45) is 4.22. The van der Waals surface area contributed by atoms with Crippen LogP contribution in [0.2, 0.25) is 0 Å². The van der Waals surface area contributed by atoms with Gasteiger partial charge in [-0.25, -0.2) is 0 Å². The van der Waals surface area contributed by atoms with Crippen molar-refractivity contribution < 1.29 is 0 Å². The molecular weight excluding hydrogens is 553 g/mol. The largest absolute Gasteiger partial charge is 0.0696 e. The third-order valence-electron chi connectivity index (χ3n) is 9.30. The van der Waals surface area contributed by atoms with Crippen LogP contribution in [0.5, 0.6) is 0 Å². The van der Waals surface area contributed by atoms with Crippen LogP contribution >= 0.6 is 0 Å². The Labute approximate surface area is 268 Å². The van der Waals surface area contributed by atoms with E-state index in [0.717, 1.165) is 0 Å². The van der Waals surface area contributed by atoms with Gasteiger partial charge in [0, 0.05) is 0 Å². The van der Waals surface area contributed by atoms with Crippen molar-refractivity contribution in [3.63, 3.8) is 0 Å². The Morgan fingerprint density at radius 1 is 0.304 bits per heavy atom. The highest BCUT2D eigenvalue weighted by atomic mass is 14.2. The Bertz CT molecular complexity index is 2580. The topological polar surface area (TPSA) is 0 Å². The summed E-state index contributed by atoms with van der Waals surface area (Å²) in [6, 6.07) is 57.2. The maximum absolute atomic E-state index is 3.28. The van der Waals surface area contributed by atoms with Gasteiger partial charge in [0.25, 0.3) is 0 Å². The van der Waals surface area contributed by atoms with E-state index in [2.05, 4.69) is 181 Å². The molecule has 8 aromatic carbocycles. The van der Waals surface area contributed by atoms with Crippen LogP contribution in [0.1, 0.15) is 11.1 Å². The fraction of sp³-hybridized carbons (Fsp3) is 0. The van der Waals surface area contributed by atoms with Crippen LogP contribution in [0.15, 0.2) is 169 Å². The minimum absolute atomic E-state index is 1.18. The lowest BCUT2D eigenvalue weighted by Gasteiger charge is -2.21. The molecule has 1 aliphatic carbocycles. The molecular formula is C46H28. The predicted molar refractivity (Wildman–Crippen MR) is 197 cm³/mol. The van der Waals surface area contributed by atoms with Crippen molar-refractivity contribution in [2.45, 2.75) is 0 Å². The van der Waals surface area contributed by atoms with E-state index >= 15 is 0 Å². The highest BCUT2D eigenvalue weighted by Gasteiger charge is 2.21. The normalized spacial score (nSPS) is 11.8. The van der Waals surface area contributed by atoms with E-state index < -0.39 is 0 Å². The highest BCUT2D eigenvalue weighted by Crippen LogP contribution is 2.46. The van der Waals surface area contributed by atoms with Crippen LogP contribution in [-0.4, -0.2) is 0 Å². The first-order chi connectivity index (χ1) is 22.8. The van der Waals surface area contributed by atoms with Gasteiger partial charge in [-0.1, -0.05) is 151 Å². The summed E-state index contributed by atoms with van der Waals surface area (Å²) in [5.41, 5.74) is 18.7. The number of hydrogen-bond donors (Lipinski definition) is 0. The molecule has 0 amide bonds. The van der Waals surface area contributed by atoms with E-state index in [1.165, 1.54) is 88.0 Å². The summed E-state index contributed by atoms with van der Waals surface area (Å²) < 4.78 is 0. The van der Waals surface area contributed by atoms with Crippen molar-refractivity contribution in [1.82, 2.24) is 0 Å². The Morgan fingerprint density at radius 3 is 1.59 bits per heavy atom. The smallest absolute Gasteiger partial charge is 0.000232 e. The Kier molecular flexibility index (Phi) is 6.15. The summed E-state index contributed by atoms with van der Waals surface area (Å²) in [5.74, 6) is 0. The van der Waals surface area contributed by atoms with Crippen molar-refractivity contribution in [3.05, 3.63) is 180 Å². The molecule has 0 spiro atoms. The number of hydrogen-bond acceptors (Lipinski definition) is 0. The van der Waals surface area contributed by atoms with Crippen LogP contribution < -0.4 is 0 Å². The Hall–Kier alpha value is -6.16. The standard InChI is InChI=1S/C46H28/c1-2-12-31(13-3-1)34-24-25-37-29-35(26-27-36(37)28-34)33-16-10-17-38(30-33)45-41-19-6-8-21-43(41)46(44-22-9-7-20-42(44)45)40-23-11-15-32-14-4-5-18-39(32)40/h1-6,8,10-30H. The first kappa shape index (κ1) is 26.3. The highest BCUT2D eigenvalue weighted by molar-refractivity contribution is 6.15. The van der Waals surface area contributed by atoms with Crippen molar-refractivity contribution in [1.29, 1.82) is 0 Å². The summed E-state index contributed by atoms with van der Waals surface area (Å²) in [6.45, 7) is 0. The molecule has 0 saturated heterocycles. The summed E-state index contributed by atoms with van der Waals surface area (Å²) in [4.78, 5) is 0. The fourth-order valence-corrected chi connectivity index (χ4v) is 7.14. The van der Waals surface area contributed by atoms with E-state index in [1.807, 2.05) is 0 Å². The zero-order valence-corrected chi connectivity index (χ0v) is 25.2. The maximum atomic E-state index is 3.28. The molecule has 0 aromatic heterocycles. The molecule has 0 unspecified atom stereocenters. The average molecular weight is 581 g/mol. The van der Waals surface area contributed by atoms with Crippen molar-refractivity contribution in [2.75, 3.05) is 0 Å². The van der Waals surface area contributed by atoms with Gasteiger partial charge < -0.3 is 0 Å². The second-order valence-electron chi connectivity index (χ2n) is 12.0. The summed E-state index contributed by atoms with van der Waals surface area (Å²) >= 11 is 0. The average Bonchev–Trinajstić information content (AvgIpc) is 3.13. The molecule has 212 valence electrons. The van der Waals surface area contributed by atoms with Gasteiger partial charge in [-0.05, 0) is 118 Å². The lowest BCUT2D eigenvalue weighted by atomic mass is 9.81. The van der Waals surface area contributed by atoms with Gasteiger partial charge >= 0.3 is 0 Å². The Morgan fingerprint density at radius 2 is 0.826 bits per heavy atom. The molecule has 0 heterocycles. The molecule has 46 heavy (non-hydrogen) atoms. The van der Waals surface area contributed by atoms with E-state index in [9.17, 15) is 0 Å². The van der Waals surface area contributed by atoms with Crippen LogP contribution in [0.3, 0.4) is 0 Å². The molecule has 0 aliphatic heterocycles. The molecule has 0 saturated carbocycles. The second kappa shape index (κ2) is 10.8. The monoisotopic (exact) mass is 580 g/mol. The SMILES string of the molecule is C1=C=Cc2c(c(-c3cccc(-c4ccc5cc(-c6ccccc6)ccc5c4)c3)c3ccccc3c2-c2cccc3ccccc23)C=1. The van der Waals surface area contributed by atoms with Gasteiger partial charge in [-0.3, -0.25) is 0 Å². The van der Waals surface area contributed by atoms with Gasteiger partial charge in [0.15, 0.2) is 0 Å². The summed E-state index contributed by atoms with van der Waals surface area (Å²) in [5, 5.41) is 7.46. The molecule has 1 aliphatic rings. The van der Waals surface area contributed by atoms with Crippen molar-refractivity contribution in [2.24, 2.45) is 0 Å². The van der Waals surface area contributed by atoms with Gasteiger partial charge in [-0.2, -0.15) is 0 Å². The number of fused-ring (bicyclic) bond motifs is 4. The van der Waals surface area contributed by atoms with Gasteiger partial charge in [0.05, 0.1) is 0 Å². The van der Waals surface area contributed by atoms with Crippen LogP contribution in [0.4, 0.5) is 0 Å². The van der Waals surface area contributed by atoms with Crippen molar-refractivity contribution >= 4 is 44.5 Å². The molecule has 0 nitrogen and oxygen atoms in total. The number of benzene rings is 8. The van der Waals surface area contributed by atoms with Crippen LogP contribution in [0.25, 0.3) is 89.0 Å². The third-order valence-corrected chi connectivity index (χ3v) is 9.30. The third kappa shape index (κ3) is 4.34. The minimum Gasteiger partial charge on any atom is -0.0696 e. The van der Waals surface area contributed by atoms with E-state index in [4.69, 9.17) is 0 Å². The zero-order valence-electron chi connectivity index (χ0n) is 25.2. The van der Waals surface area contributed by atoms with Crippen molar-refractivity contribution in [3.8, 4) is 44.5 Å². The Balaban J connectivity index is 1.22. The van der Waals surface area contributed by atoms with Gasteiger partial charge in [-0.15, -0.1) is 0 Å². The molecule has 0 atom stereocenters. The molecule has 0 N–H and O–H groups in total. The molecule has 8 aromatic rings. The quantitative estimate of drug-likeness (QED) is 0.182. The summed E-state index contributed by atoms with van der Waals surface area (Å²) in [7, 11) is 0. The molecule has 0 fully saturated rings. The number of rotatable bonds is 4. The van der Waals surface area contributed by atoms with Crippen LogP contribution in [0, 0.1) is 0 Å². The van der Waals surface area contributed by atoms with E-state index in [0.29, 0.717) is 0 Å². The lowest BCUT2D eigenvalue weighted by Crippen LogP contribution is -1.97. The molecule has 0 radical (unpaired) electrons. The minimum atomic E-state index is 1.18. The molecule has 9 rings (SSSR count). The lowest BCUT2D eigenvalue weighted by molar-refractivity contribution is 1.58. The predicted octanol–water partition coefficient (Wildman–Crippen LogP) is 12.6. The van der Waals surface area contributed by atoms with Gasteiger partial charge in [0.1, 0.15) is 0 Å². The fourth-order valence-electron chi connectivity index (χ4n) is 7.14. The van der Waals surface area contributed by atoms with Gasteiger partial charge in [0.2, 0.25) is 0 Å². The van der Waals surface area contributed by atoms with Crippen LogP contribution in [-0.2, 0) is 0 Å². The maximum Gasteiger partial charge on any atom is -0.000232 e. The first-order valence-corrected chi connectivity index (χ1v) is 15.8.